The first-order valence-corrected chi connectivity index (χ1v) is 13.4. The van der Waals surface area contributed by atoms with Crippen LogP contribution < -0.4 is 5.32 Å². The van der Waals surface area contributed by atoms with Gasteiger partial charge in [-0.25, -0.2) is 4.98 Å². The highest BCUT2D eigenvalue weighted by molar-refractivity contribution is 7.14. The second kappa shape index (κ2) is 9.18. The average Bonchev–Trinajstić information content (AvgIpc) is 3.74. The maximum absolute atomic E-state index is 13.7. The van der Waals surface area contributed by atoms with Crippen molar-refractivity contribution in [2.24, 2.45) is 5.92 Å². The van der Waals surface area contributed by atoms with Gasteiger partial charge in [-0.05, 0) is 55.3 Å². The molecule has 1 saturated carbocycles. The predicted molar refractivity (Wildman–Crippen MR) is 148 cm³/mol. The Balaban J connectivity index is 1.24. The summed E-state index contributed by atoms with van der Waals surface area (Å²) in [6.45, 7) is 0. The minimum absolute atomic E-state index is 0.0606. The number of nitrogens with one attached hydrogen (secondary N) is 3. The van der Waals surface area contributed by atoms with Gasteiger partial charge in [0.2, 0.25) is 5.91 Å². The van der Waals surface area contributed by atoms with Crippen molar-refractivity contribution < 1.29 is 9.18 Å². The summed E-state index contributed by atoms with van der Waals surface area (Å²) in [5.41, 5.74) is 7.15. The molecule has 0 radical (unpaired) electrons. The molecule has 9 heteroatoms. The molecule has 7 nitrogen and oxygen atoms in total. The van der Waals surface area contributed by atoms with Gasteiger partial charge in [-0.1, -0.05) is 25.0 Å². The fourth-order valence-corrected chi connectivity index (χ4v) is 6.06. The van der Waals surface area contributed by atoms with Gasteiger partial charge in [0, 0.05) is 39.0 Å². The van der Waals surface area contributed by atoms with Gasteiger partial charge in [0.05, 0.1) is 28.8 Å². The molecule has 188 valence electrons. The molecule has 5 heterocycles. The molecule has 0 atom stereocenters. The molecule has 6 aromatic rings. The number of benzene rings is 1. The quantitative estimate of drug-likeness (QED) is 0.224. The number of carbonyl (C=O) groups is 1. The lowest BCUT2D eigenvalue weighted by molar-refractivity contribution is -0.119. The summed E-state index contributed by atoms with van der Waals surface area (Å²) in [5, 5.41) is 11.4. The number of aromatic amines is 2. The van der Waals surface area contributed by atoms with E-state index in [4.69, 9.17) is 4.98 Å². The van der Waals surface area contributed by atoms with Gasteiger partial charge in [-0.2, -0.15) is 9.49 Å². The number of halogens is 1. The summed E-state index contributed by atoms with van der Waals surface area (Å²) in [7, 11) is 0. The second-order valence-electron chi connectivity index (χ2n) is 9.65. The molecule has 1 aliphatic rings. The SMILES string of the molecule is O=C(Nc1cncc(-c2ccc3[nH]nc(-c4cc5c(-c6ccc(F)s6)cccc5[nH]4)c3n2)c1)C1CCCC1. The Kier molecular flexibility index (Phi) is 5.51. The normalized spacial score (nSPS) is 14.0. The molecular formula is C29H23FN6OS. The Morgan fingerprint density at radius 2 is 1.92 bits per heavy atom. The highest BCUT2D eigenvalue weighted by Gasteiger charge is 2.23. The lowest BCUT2D eigenvalue weighted by Crippen LogP contribution is -2.20. The van der Waals surface area contributed by atoms with Crippen molar-refractivity contribution in [3.05, 3.63) is 72.1 Å². The van der Waals surface area contributed by atoms with Crippen LogP contribution in [0.5, 0.6) is 0 Å². The summed E-state index contributed by atoms with van der Waals surface area (Å²) in [6.07, 6.45) is 7.52. The third kappa shape index (κ3) is 4.05. The Morgan fingerprint density at radius 3 is 2.76 bits per heavy atom. The molecular weight excluding hydrogens is 499 g/mol. The van der Waals surface area contributed by atoms with E-state index < -0.39 is 0 Å². The number of hydrogen-bond acceptors (Lipinski definition) is 5. The van der Waals surface area contributed by atoms with E-state index in [1.165, 1.54) is 6.07 Å². The Morgan fingerprint density at radius 1 is 1.03 bits per heavy atom. The zero-order valence-electron chi connectivity index (χ0n) is 20.3. The number of H-pyrrole nitrogens is 2. The van der Waals surface area contributed by atoms with Gasteiger partial charge >= 0.3 is 0 Å². The van der Waals surface area contributed by atoms with Gasteiger partial charge in [0.25, 0.3) is 0 Å². The fraction of sp³-hybridized carbons (Fsp3) is 0.172. The van der Waals surface area contributed by atoms with Crippen LogP contribution in [0.25, 0.3) is 55.0 Å². The molecule has 3 N–H and O–H groups in total. The van der Waals surface area contributed by atoms with Gasteiger partial charge in [-0.3, -0.25) is 14.9 Å². The van der Waals surface area contributed by atoms with Crippen molar-refractivity contribution >= 4 is 44.9 Å². The smallest absolute Gasteiger partial charge is 0.227 e. The van der Waals surface area contributed by atoms with Crippen LogP contribution in [0.1, 0.15) is 25.7 Å². The maximum atomic E-state index is 13.7. The first kappa shape index (κ1) is 22.8. The summed E-state index contributed by atoms with van der Waals surface area (Å²) in [5.74, 6) is 0.141. The van der Waals surface area contributed by atoms with Crippen LogP contribution in [0.4, 0.5) is 10.1 Å². The van der Waals surface area contributed by atoms with Crippen LogP contribution in [0.15, 0.2) is 67.0 Å². The maximum Gasteiger partial charge on any atom is 0.227 e. The lowest BCUT2D eigenvalue weighted by atomic mass is 10.1. The number of fused-ring (bicyclic) bond motifs is 2. The summed E-state index contributed by atoms with van der Waals surface area (Å²) >= 11 is 1.13. The standard InChI is InChI=1S/C29H23FN6OS/c30-26-11-10-25(38-26)19-6-3-7-22-20(19)13-24(33-22)28-27-23(35-36-28)9-8-21(34-27)17-12-18(15-31-14-17)32-29(37)16-4-1-2-5-16/h3,6-16,33H,1-2,4-5H2,(H,32,37)(H,35,36). The fourth-order valence-electron chi connectivity index (χ4n) is 5.28. The van der Waals surface area contributed by atoms with Crippen molar-refractivity contribution in [3.63, 3.8) is 0 Å². The molecule has 0 saturated heterocycles. The molecule has 38 heavy (non-hydrogen) atoms. The number of carbonyl (C=O) groups excluding carboxylic acids is 1. The molecule has 0 spiro atoms. The van der Waals surface area contributed by atoms with Crippen molar-refractivity contribution in [3.8, 4) is 33.1 Å². The van der Waals surface area contributed by atoms with Gasteiger partial charge < -0.3 is 10.3 Å². The number of aromatic nitrogens is 5. The predicted octanol–water partition coefficient (Wildman–Crippen LogP) is 7.16. The number of hydrogen-bond donors (Lipinski definition) is 3. The minimum Gasteiger partial charge on any atom is -0.353 e. The first-order chi connectivity index (χ1) is 18.6. The number of anilines is 1. The van der Waals surface area contributed by atoms with Crippen LogP contribution in [0.2, 0.25) is 0 Å². The molecule has 1 amide bonds. The van der Waals surface area contributed by atoms with E-state index in [0.717, 1.165) is 86.3 Å². The van der Waals surface area contributed by atoms with E-state index in [2.05, 4.69) is 25.5 Å². The van der Waals surface area contributed by atoms with Crippen LogP contribution in [0, 0.1) is 11.0 Å². The zero-order chi connectivity index (χ0) is 25.6. The van der Waals surface area contributed by atoms with Crippen molar-refractivity contribution in [2.45, 2.75) is 25.7 Å². The van der Waals surface area contributed by atoms with Crippen LogP contribution in [-0.4, -0.2) is 31.1 Å². The van der Waals surface area contributed by atoms with Crippen LogP contribution >= 0.6 is 11.3 Å². The zero-order valence-corrected chi connectivity index (χ0v) is 21.1. The van der Waals surface area contributed by atoms with E-state index in [1.807, 2.05) is 42.5 Å². The van der Waals surface area contributed by atoms with E-state index in [-0.39, 0.29) is 17.0 Å². The molecule has 1 aliphatic carbocycles. The van der Waals surface area contributed by atoms with Crippen LogP contribution in [0.3, 0.4) is 0 Å². The topological polar surface area (TPSA) is 99.4 Å². The molecule has 1 fully saturated rings. The summed E-state index contributed by atoms with van der Waals surface area (Å²) in [6, 6.07) is 17.0. The Hall–Kier alpha value is -4.37. The van der Waals surface area contributed by atoms with Gasteiger partial charge in [0.1, 0.15) is 11.2 Å². The van der Waals surface area contributed by atoms with Crippen molar-refractivity contribution in [1.29, 1.82) is 0 Å². The third-order valence-corrected chi connectivity index (χ3v) is 8.10. The molecule has 7 rings (SSSR count). The molecule has 0 bridgehead atoms. The molecule has 1 aromatic carbocycles. The monoisotopic (exact) mass is 522 g/mol. The van der Waals surface area contributed by atoms with E-state index in [0.29, 0.717) is 11.4 Å². The largest absolute Gasteiger partial charge is 0.353 e. The molecule has 0 unspecified atom stereocenters. The Labute approximate surface area is 221 Å². The van der Waals surface area contributed by atoms with Gasteiger partial charge in [-0.15, -0.1) is 11.3 Å². The third-order valence-electron chi connectivity index (χ3n) is 7.19. The van der Waals surface area contributed by atoms with E-state index >= 15 is 0 Å². The highest BCUT2D eigenvalue weighted by Crippen LogP contribution is 2.36. The minimum atomic E-state index is -0.209. The number of nitrogens with zero attached hydrogens (tertiary/aromatic N) is 3. The van der Waals surface area contributed by atoms with E-state index in [1.54, 1.807) is 18.5 Å². The summed E-state index contributed by atoms with van der Waals surface area (Å²) in [4.78, 5) is 26.2. The number of thiophene rings is 1. The molecule has 0 aliphatic heterocycles. The number of amides is 1. The molecule has 5 aromatic heterocycles. The van der Waals surface area contributed by atoms with Crippen molar-refractivity contribution in [2.75, 3.05) is 5.32 Å². The number of pyridine rings is 2. The second-order valence-corrected chi connectivity index (χ2v) is 10.7. The Bertz CT molecular complexity index is 1810. The van der Waals surface area contributed by atoms with E-state index in [9.17, 15) is 9.18 Å². The lowest BCUT2D eigenvalue weighted by Gasteiger charge is -2.11. The first-order valence-electron chi connectivity index (χ1n) is 12.6. The van der Waals surface area contributed by atoms with Crippen LogP contribution in [-0.2, 0) is 4.79 Å². The van der Waals surface area contributed by atoms with Gasteiger partial charge in [0.15, 0.2) is 5.13 Å². The van der Waals surface area contributed by atoms with Crippen molar-refractivity contribution in [1.82, 2.24) is 25.1 Å². The summed E-state index contributed by atoms with van der Waals surface area (Å²) < 4.78 is 13.7. The highest BCUT2D eigenvalue weighted by atomic mass is 32.1. The number of rotatable bonds is 5. The average molecular weight is 523 g/mol.